The van der Waals surface area contributed by atoms with Crippen molar-refractivity contribution >= 4 is 48.3 Å². The molecule has 0 radical (unpaired) electrons. The van der Waals surface area contributed by atoms with Gasteiger partial charge in [0.25, 0.3) is 10.0 Å². The highest BCUT2D eigenvalue weighted by Gasteiger charge is 2.21. The molecule has 0 fully saturated rings. The Morgan fingerprint density at radius 2 is 1.75 bits per heavy atom. The van der Waals surface area contributed by atoms with E-state index in [0.29, 0.717) is 37.9 Å². The van der Waals surface area contributed by atoms with Crippen LogP contribution >= 0.6 is 11.3 Å². The minimum Gasteiger partial charge on any atom is -0.494 e. The van der Waals surface area contributed by atoms with Crippen LogP contribution in [-0.4, -0.2) is 26.4 Å². The summed E-state index contributed by atoms with van der Waals surface area (Å²) in [7, 11) is -2.30. The number of hydrogen-bond donors (Lipinski definition) is 2. The van der Waals surface area contributed by atoms with Gasteiger partial charge in [-0.15, -0.1) is 0 Å². The van der Waals surface area contributed by atoms with Gasteiger partial charge in [-0.25, -0.2) is 13.4 Å². The van der Waals surface area contributed by atoms with Gasteiger partial charge < -0.3 is 10.1 Å². The quantitative estimate of drug-likeness (QED) is 0.652. The van der Waals surface area contributed by atoms with Gasteiger partial charge in [0.15, 0.2) is 5.13 Å². The maximum absolute atomic E-state index is 13.0. The van der Waals surface area contributed by atoms with Gasteiger partial charge in [-0.3, -0.25) is 9.52 Å². The van der Waals surface area contributed by atoms with Crippen molar-refractivity contribution in [2.75, 3.05) is 17.1 Å². The van der Waals surface area contributed by atoms with Gasteiger partial charge in [0.1, 0.15) is 11.3 Å². The molecule has 0 bridgehead atoms. The number of carbonyl (C=O) groups is 1. The zero-order chi connectivity index (χ0) is 20.6. The molecule has 0 spiro atoms. The number of aryl methyl sites for hydroxylation is 3. The fraction of sp³-hybridized carbons (Fsp3) is 0.263. The van der Waals surface area contributed by atoms with Crippen LogP contribution in [0.1, 0.15) is 23.6 Å². The van der Waals surface area contributed by atoms with Crippen molar-refractivity contribution in [1.29, 1.82) is 0 Å². The first kappa shape index (κ1) is 20.1. The first-order valence-corrected chi connectivity index (χ1v) is 10.8. The van der Waals surface area contributed by atoms with E-state index in [1.807, 2.05) is 19.1 Å². The molecule has 1 amide bonds. The Kier molecular flexibility index (Phi) is 5.31. The van der Waals surface area contributed by atoms with Gasteiger partial charge in [0, 0.05) is 13.0 Å². The molecule has 0 unspecified atom stereocenters. The van der Waals surface area contributed by atoms with Crippen molar-refractivity contribution < 1.29 is 17.9 Å². The summed E-state index contributed by atoms with van der Waals surface area (Å²) >= 11 is 1.24. The molecule has 28 heavy (non-hydrogen) atoms. The zero-order valence-electron chi connectivity index (χ0n) is 16.2. The van der Waals surface area contributed by atoms with Crippen LogP contribution in [0.2, 0.25) is 0 Å². The van der Waals surface area contributed by atoms with E-state index in [9.17, 15) is 13.2 Å². The SMILES string of the molecule is COc1cc(NS(=O)(=O)c2c(C)cc(C)cc2C)cc2sc(NC(C)=O)nc12. The predicted octanol–water partition coefficient (Wildman–Crippen LogP) is 3.99. The summed E-state index contributed by atoms with van der Waals surface area (Å²) in [6, 6.07) is 6.94. The van der Waals surface area contributed by atoms with Crippen LogP contribution in [0.15, 0.2) is 29.2 Å². The largest absolute Gasteiger partial charge is 0.494 e. The number of amides is 1. The monoisotopic (exact) mass is 419 g/mol. The van der Waals surface area contributed by atoms with Gasteiger partial charge >= 0.3 is 0 Å². The second-order valence-electron chi connectivity index (χ2n) is 6.56. The number of anilines is 2. The smallest absolute Gasteiger partial charge is 0.262 e. The summed E-state index contributed by atoms with van der Waals surface area (Å²) < 4.78 is 34.7. The molecule has 9 heteroatoms. The van der Waals surface area contributed by atoms with Crippen LogP contribution in [0.4, 0.5) is 10.8 Å². The lowest BCUT2D eigenvalue weighted by molar-refractivity contribution is -0.114. The molecule has 7 nitrogen and oxygen atoms in total. The molecule has 0 aliphatic rings. The molecular formula is C19H21N3O4S2. The molecule has 148 valence electrons. The van der Waals surface area contributed by atoms with E-state index in [2.05, 4.69) is 15.0 Å². The van der Waals surface area contributed by atoms with E-state index in [4.69, 9.17) is 4.74 Å². The second kappa shape index (κ2) is 7.40. The highest BCUT2D eigenvalue weighted by atomic mass is 32.2. The predicted molar refractivity (Wildman–Crippen MR) is 112 cm³/mol. The standard InChI is InChI=1S/C19H21N3O4S2/c1-10-6-11(2)18(12(3)7-10)28(24,25)22-14-8-15(26-5)17-16(9-14)27-19(21-17)20-13(4)23/h6-9,22H,1-5H3,(H,20,21,23). The number of nitrogens with zero attached hydrogens (tertiary/aromatic N) is 1. The van der Waals surface area contributed by atoms with Crippen LogP contribution in [0, 0.1) is 20.8 Å². The maximum Gasteiger partial charge on any atom is 0.262 e. The van der Waals surface area contributed by atoms with Crippen molar-refractivity contribution in [3.05, 3.63) is 41.0 Å². The van der Waals surface area contributed by atoms with Crippen molar-refractivity contribution in [2.24, 2.45) is 0 Å². The molecule has 0 aliphatic heterocycles. The van der Waals surface area contributed by atoms with E-state index in [-0.39, 0.29) is 10.8 Å². The molecule has 2 N–H and O–H groups in total. The lowest BCUT2D eigenvalue weighted by Crippen LogP contribution is -2.16. The third-order valence-electron chi connectivity index (χ3n) is 4.09. The Balaban J connectivity index is 2.05. The number of benzene rings is 2. The topological polar surface area (TPSA) is 97.4 Å². The van der Waals surface area contributed by atoms with Gasteiger partial charge in [-0.1, -0.05) is 29.0 Å². The van der Waals surface area contributed by atoms with E-state index in [0.717, 1.165) is 5.56 Å². The number of hydrogen-bond acceptors (Lipinski definition) is 6. The fourth-order valence-corrected chi connectivity index (χ4v) is 5.68. The van der Waals surface area contributed by atoms with Crippen LogP contribution in [0.3, 0.4) is 0 Å². The molecule has 1 aromatic heterocycles. The van der Waals surface area contributed by atoms with Crippen LogP contribution in [0.25, 0.3) is 10.2 Å². The van der Waals surface area contributed by atoms with Gasteiger partial charge in [-0.2, -0.15) is 0 Å². The minimum absolute atomic E-state index is 0.232. The van der Waals surface area contributed by atoms with Gasteiger partial charge in [0.05, 0.1) is 22.4 Å². The Bertz CT molecular complexity index is 1160. The lowest BCUT2D eigenvalue weighted by atomic mass is 10.1. The van der Waals surface area contributed by atoms with E-state index in [1.165, 1.54) is 25.4 Å². The van der Waals surface area contributed by atoms with E-state index < -0.39 is 10.0 Å². The first-order valence-electron chi connectivity index (χ1n) is 8.47. The number of carbonyl (C=O) groups excluding carboxylic acids is 1. The number of sulfonamides is 1. The molecule has 3 rings (SSSR count). The normalized spacial score (nSPS) is 11.5. The maximum atomic E-state index is 13.0. The van der Waals surface area contributed by atoms with Crippen molar-refractivity contribution in [3.8, 4) is 5.75 Å². The average Bonchev–Trinajstić information content (AvgIpc) is 2.93. The summed E-state index contributed by atoms with van der Waals surface area (Å²) in [6.07, 6.45) is 0. The Morgan fingerprint density at radius 1 is 1.11 bits per heavy atom. The summed E-state index contributed by atoms with van der Waals surface area (Å²) in [5, 5.41) is 3.06. The summed E-state index contributed by atoms with van der Waals surface area (Å²) in [6.45, 7) is 6.89. The Hall–Kier alpha value is -2.65. The Labute approximate surface area is 167 Å². The zero-order valence-corrected chi connectivity index (χ0v) is 17.8. The number of ether oxygens (including phenoxy) is 1. The summed E-state index contributed by atoms with van der Waals surface area (Å²) in [5.74, 6) is 0.185. The summed E-state index contributed by atoms with van der Waals surface area (Å²) in [5.41, 5.74) is 3.29. The molecule has 2 aromatic carbocycles. The minimum atomic E-state index is -3.79. The van der Waals surface area contributed by atoms with Crippen LogP contribution in [-0.2, 0) is 14.8 Å². The molecule has 0 atom stereocenters. The first-order chi connectivity index (χ1) is 13.1. The van der Waals surface area contributed by atoms with E-state index >= 15 is 0 Å². The molecule has 0 aliphatic carbocycles. The van der Waals surface area contributed by atoms with Crippen molar-refractivity contribution in [2.45, 2.75) is 32.6 Å². The second-order valence-corrected chi connectivity index (χ2v) is 9.21. The fourth-order valence-electron chi connectivity index (χ4n) is 3.21. The molecule has 0 saturated heterocycles. The molecule has 3 aromatic rings. The molecule has 0 saturated carbocycles. The molecular weight excluding hydrogens is 398 g/mol. The third-order valence-corrected chi connectivity index (χ3v) is 6.69. The van der Waals surface area contributed by atoms with Gasteiger partial charge in [-0.05, 0) is 38.0 Å². The van der Waals surface area contributed by atoms with Gasteiger partial charge in [0.2, 0.25) is 5.91 Å². The average molecular weight is 420 g/mol. The number of aromatic nitrogens is 1. The number of nitrogens with one attached hydrogen (secondary N) is 2. The number of fused-ring (bicyclic) bond motifs is 1. The number of thiazole rings is 1. The lowest BCUT2D eigenvalue weighted by Gasteiger charge is -2.14. The number of rotatable bonds is 5. The highest BCUT2D eigenvalue weighted by Crippen LogP contribution is 2.36. The van der Waals surface area contributed by atoms with Crippen LogP contribution < -0.4 is 14.8 Å². The van der Waals surface area contributed by atoms with E-state index in [1.54, 1.807) is 26.0 Å². The van der Waals surface area contributed by atoms with Crippen molar-refractivity contribution in [3.63, 3.8) is 0 Å². The highest BCUT2D eigenvalue weighted by molar-refractivity contribution is 7.92. The Morgan fingerprint density at radius 3 is 2.32 bits per heavy atom. The van der Waals surface area contributed by atoms with Crippen LogP contribution in [0.5, 0.6) is 5.75 Å². The summed E-state index contributed by atoms with van der Waals surface area (Å²) in [4.78, 5) is 15.9. The molecule has 1 heterocycles. The third kappa shape index (κ3) is 3.95. The van der Waals surface area contributed by atoms with Crippen molar-refractivity contribution in [1.82, 2.24) is 4.98 Å². The number of methoxy groups -OCH3 is 1.